The van der Waals surface area contributed by atoms with Crippen LogP contribution in [-0.2, 0) is 0 Å². The first kappa shape index (κ1) is 10.5. The lowest BCUT2D eigenvalue weighted by atomic mass is 10.0. The molecule has 82 valence electrons. The van der Waals surface area contributed by atoms with Crippen LogP contribution in [0.4, 0.5) is 0 Å². The smallest absolute Gasteiger partial charge is 0.00966 e. The molecular formula is C13H25N. The first-order valence-corrected chi connectivity index (χ1v) is 6.31. The Morgan fingerprint density at radius 2 is 1.79 bits per heavy atom. The van der Waals surface area contributed by atoms with E-state index in [1.807, 2.05) is 0 Å². The molecule has 0 aromatic rings. The second-order valence-corrected chi connectivity index (χ2v) is 6.34. The monoisotopic (exact) mass is 195 g/mol. The maximum Gasteiger partial charge on any atom is 0.00966 e. The van der Waals surface area contributed by atoms with Gasteiger partial charge in [-0.25, -0.2) is 0 Å². The average molecular weight is 195 g/mol. The molecule has 1 heteroatoms. The summed E-state index contributed by atoms with van der Waals surface area (Å²) in [5.74, 6) is 3.20. The van der Waals surface area contributed by atoms with Crippen LogP contribution in [0.2, 0.25) is 0 Å². The highest BCUT2D eigenvalue weighted by molar-refractivity contribution is 4.94. The van der Waals surface area contributed by atoms with E-state index in [0.717, 1.165) is 17.8 Å². The van der Waals surface area contributed by atoms with E-state index in [4.69, 9.17) is 0 Å². The molecule has 0 saturated heterocycles. The minimum atomic E-state index is 0.308. The molecule has 0 amide bonds. The zero-order valence-corrected chi connectivity index (χ0v) is 9.97. The number of hydrogen-bond donors (Lipinski definition) is 1. The minimum absolute atomic E-state index is 0.308. The lowest BCUT2D eigenvalue weighted by molar-refractivity contribution is 0.385. The van der Waals surface area contributed by atoms with E-state index in [9.17, 15) is 0 Å². The maximum atomic E-state index is 3.64. The predicted octanol–water partition coefficient (Wildman–Crippen LogP) is 3.20. The van der Waals surface area contributed by atoms with Gasteiger partial charge in [0, 0.05) is 5.54 Å². The van der Waals surface area contributed by atoms with Crippen LogP contribution in [-0.4, -0.2) is 12.1 Å². The van der Waals surface area contributed by atoms with Crippen molar-refractivity contribution in [3.8, 4) is 0 Å². The Labute approximate surface area is 88.7 Å². The zero-order chi connectivity index (χ0) is 10.2. The SMILES string of the molecule is CC(C)(C)NCC1CC1C1CCCC1. The summed E-state index contributed by atoms with van der Waals surface area (Å²) in [6.07, 6.45) is 7.56. The first-order chi connectivity index (χ1) is 6.56. The Balaban J connectivity index is 1.66. The summed E-state index contributed by atoms with van der Waals surface area (Å²) in [7, 11) is 0. The van der Waals surface area contributed by atoms with Gasteiger partial charge in [0.2, 0.25) is 0 Å². The molecule has 2 aliphatic rings. The van der Waals surface area contributed by atoms with Gasteiger partial charge in [0.05, 0.1) is 0 Å². The zero-order valence-electron chi connectivity index (χ0n) is 9.97. The molecule has 1 nitrogen and oxygen atoms in total. The Kier molecular flexibility index (Phi) is 2.88. The van der Waals surface area contributed by atoms with E-state index >= 15 is 0 Å². The van der Waals surface area contributed by atoms with Crippen LogP contribution in [0.5, 0.6) is 0 Å². The van der Waals surface area contributed by atoms with Crippen LogP contribution < -0.4 is 5.32 Å². The topological polar surface area (TPSA) is 12.0 Å². The Morgan fingerprint density at radius 1 is 1.14 bits per heavy atom. The molecule has 2 unspecified atom stereocenters. The van der Waals surface area contributed by atoms with Crippen molar-refractivity contribution in [2.24, 2.45) is 17.8 Å². The lowest BCUT2D eigenvalue weighted by Crippen LogP contribution is -2.37. The fourth-order valence-corrected chi connectivity index (χ4v) is 2.91. The van der Waals surface area contributed by atoms with E-state index in [-0.39, 0.29) is 0 Å². The number of nitrogens with one attached hydrogen (secondary N) is 1. The molecule has 0 aromatic heterocycles. The Morgan fingerprint density at radius 3 is 2.36 bits per heavy atom. The molecule has 0 radical (unpaired) electrons. The molecule has 0 aromatic carbocycles. The van der Waals surface area contributed by atoms with Gasteiger partial charge < -0.3 is 5.32 Å². The van der Waals surface area contributed by atoms with Gasteiger partial charge in [-0.15, -0.1) is 0 Å². The van der Waals surface area contributed by atoms with E-state index in [2.05, 4.69) is 26.1 Å². The summed E-state index contributed by atoms with van der Waals surface area (Å²) in [6, 6.07) is 0. The number of hydrogen-bond acceptors (Lipinski definition) is 1. The predicted molar refractivity (Wildman–Crippen MR) is 61.3 cm³/mol. The molecule has 0 heterocycles. The minimum Gasteiger partial charge on any atom is -0.312 e. The van der Waals surface area contributed by atoms with Crippen molar-refractivity contribution in [3.63, 3.8) is 0 Å². The molecule has 2 saturated carbocycles. The standard InChI is InChI=1S/C13H25N/c1-13(2,3)14-9-11-8-12(11)10-6-4-5-7-10/h10-12,14H,4-9H2,1-3H3. The molecular weight excluding hydrogens is 170 g/mol. The van der Waals surface area contributed by atoms with Crippen LogP contribution in [0.3, 0.4) is 0 Å². The van der Waals surface area contributed by atoms with Gasteiger partial charge in [0.25, 0.3) is 0 Å². The average Bonchev–Trinajstić information content (AvgIpc) is 2.65. The van der Waals surface area contributed by atoms with Crippen LogP contribution in [0.25, 0.3) is 0 Å². The summed E-state index contributed by atoms with van der Waals surface area (Å²) in [6.45, 7) is 8.05. The van der Waals surface area contributed by atoms with Crippen LogP contribution in [0.1, 0.15) is 52.9 Å². The van der Waals surface area contributed by atoms with E-state index < -0.39 is 0 Å². The van der Waals surface area contributed by atoms with Crippen LogP contribution in [0, 0.1) is 17.8 Å². The highest BCUT2D eigenvalue weighted by atomic mass is 15.0. The van der Waals surface area contributed by atoms with Gasteiger partial charge in [0.1, 0.15) is 0 Å². The highest BCUT2D eigenvalue weighted by Crippen LogP contribution is 2.49. The molecule has 2 aliphatic carbocycles. The lowest BCUT2D eigenvalue weighted by Gasteiger charge is -2.20. The highest BCUT2D eigenvalue weighted by Gasteiger charge is 2.43. The van der Waals surface area contributed by atoms with E-state index in [1.165, 1.54) is 38.6 Å². The fraction of sp³-hybridized carbons (Fsp3) is 1.00. The molecule has 0 aliphatic heterocycles. The van der Waals surface area contributed by atoms with Crippen molar-refractivity contribution in [3.05, 3.63) is 0 Å². The van der Waals surface area contributed by atoms with Gasteiger partial charge >= 0.3 is 0 Å². The molecule has 1 N–H and O–H groups in total. The van der Waals surface area contributed by atoms with Crippen LogP contribution in [0.15, 0.2) is 0 Å². The molecule has 2 fully saturated rings. The van der Waals surface area contributed by atoms with Gasteiger partial charge in [-0.3, -0.25) is 0 Å². The summed E-state index contributed by atoms with van der Waals surface area (Å²) in [5, 5.41) is 3.64. The maximum absolute atomic E-state index is 3.64. The molecule has 2 atom stereocenters. The summed E-state index contributed by atoms with van der Waals surface area (Å²) in [4.78, 5) is 0. The van der Waals surface area contributed by atoms with Crippen molar-refractivity contribution in [1.82, 2.24) is 5.32 Å². The first-order valence-electron chi connectivity index (χ1n) is 6.31. The molecule has 0 spiro atoms. The summed E-state index contributed by atoms with van der Waals surface area (Å²) < 4.78 is 0. The summed E-state index contributed by atoms with van der Waals surface area (Å²) in [5.41, 5.74) is 0.308. The van der Waals surface area contributed by atoms with Gasteiger partial charge in [0.15, 0.2) is 0 Å². The Hall–Kier alpha value is -0.0400. The largest absolute Gasteiger partial charge is 0.312 e. The number of rotatable bonds is 3. The summed E-state index contributed by atoms with van der Waals surface area (Å²) >= 11 is 0. The Bertz CT molecular complexity index is 186. The third kappa shape index (κ3) is 2.73. The van der Waals surface area contributed by atoms with E-state index in [0.29, 0.717) is 5.54 Å². The molecule has 2 rings (SSSR count). The molecule has 14 heavy (non-hydrogen) atoms. The van der Waals surface area contributed by atoms with Crippen molar-refractivity contribution < 1.29 is 0 Å². The van der Waals surface area contributed by atoms with Crippen molar-refractivity contribution in [2.45, 2.75) is 58.4 Å². The third-order valence-corrected chi connectivity index (χ3v) is 3.88. The molecule has 0 bridgehead atoms. The van der Waals surface area contributed by atoms with Crippen molar-refractivity contribution >= 4 is 0 Å². The van der Waals surface area contributed by atoms with Crippen molar-refractivity contribution in [1.29, 1.82) is 0 Å². The van der Waals surface area contributed by atoms with Crippen molar-refractivity contribution in [2.75, 3.05) is 6.54 Å². The van der Waals surface area contributed by atoms with E-state index in [1.54, 1.807) is 0 Å². The normalized spacial score (nSPS) is 33.6. The van der Waals surface area contributed by atoms with Gasteiger partial charge in [-0.2, -0.15) is 0 Å². The van der Waals surface area contributed by atoms with Crippen LogP contribution >= 0.6 is 0 Å². The second-order valence-electron chi connectivity index (χ2n) is 6.34. The van der Waals surface area contributed by atoms with Gasteiger partial charge in [-0.1, -0.05) is 25.7 Å². The quantitative estimate of drug-likeness (QED) is 0.729. The van der Waals surface area contributed by atoms with Gasteiger partial charge in [-0.05, 0) is 51.5 Å². The third-order valence-electron chi connectivity index (χ3n) is 3.88. The second kappa shape index (κ2) is 3.84. The fourth-order valence-electron chi connectivity index (χ4n) is 2.91.